The van der Waals surface area contributed by atoms with Crippen LogP contribution in [-0.4, -0.2) is 37.2 Å². The minimum absolute atomic E-state index is 0.123. The predicted octanol–water partition coefficient (Wildman–Crippen LogP) is 18.9. The van der Waals surface area contributed by atoms with Crippen LogP contribution >= 0.6 is 0 Å². The van der Waals surface area contributed by atoms with Crippen molar-refractivity contribution >= 4 is 17.9 Å². The summed E-state index contributed by atoms with van der Waals surface area (Å²) in [4.78, 5) is 38.1. The van der Waals surface area contributed by atoms with Crippen LogP contribution < -0.4 is 0 Å². The van der Waals surface area contributed by atoms with E-state index in [1.807, 2.05) is 12.2 Å². The fourth-order valence-corrected chi connectivity index (χ4v) is 7.23. The Morgan fingerprint density at radius 1 is 0.304 bits per heavy atom. The van der Waals surface area contributed by atoms with Crippen LogP contribution in [0.5, 0.6) is 0 Å². The van der Waals surface area contributed by atoms with Gasteiger partial charge in [0.05, 0.1) is 0 Å². The highest BCUT2D eigenvalue weighted by molar-refractivity contribution is 5.71. The highest BCUT2D eigenvalue weighted by Gasteiger charge is 2.19. The molecular formula is C63H102O6. The largest absolute Gasteiger partial charge is 0.462 e. The van der Waals surface area contributed by atoms with Crippen molar-refractivity contribution in [3.63, 3.8) is 0 Å². The summed E-state index contributed by atoms with van der Waals surface area (Å²) in [6.07, 6.45) is 77.6. The number of carbonyl (C=O) groups excluding carboxylic acids is 3. The van der Waals surface area contributed by atoms with Crippen molar-refractivity contribution in [3.05, 3.63) is 122 Å². The number of esters is 3. The molecule has 69 heavy (non-hydrogen) atoms. The van der Waals surface area contributed by atoms with Gasteiger partial charge in [-0.05, 0) is 122 Å². The van der Waals surface area contributed by atoms with Crippen LogP contribution in [0.2, 0.25) is 0 Å². The number of carbonyl (C=O) groups is 3. The molecular weight excluding hydrogens is 853 g/mol. The average Bonchev–Trinajstić information content (AvgIpc) is 3.35. The summed E-state index contributed by atoms with van der Waals surface area (Å²) in [5.41, 5.74) is 0. The number of hydrogen-bond donors (Lipinski definition) is 0. The topological polar surface area (TPSA) is 78.9 Å². The molecule has 0 saturated heterocycles. The van der Waals surface area contributed by atoms with Gasteiger partial charge in [0.25, 0.3) is 0 Å². The van der Waals surface area contributed by atoms with E-state index in [-0.39, 0.29) is 31.6 Å². The third kappa shape index (κ3) is 54.6. The van der Waals surface area contributed by atoms with E-state index >= 15 is 0 Å². The normalized spacial score (nSPS) is 13.0. The monoisotopic (exact) mass is 955 g/mol. The highest BCUT2D eigenvalue weighted by Crippen LogP contribution is 2.12. The Balaban J connectivity index is 4.58. The van der Waals surface area contributed by atoms with Crippen molar-refractivity contribution in [2.24, 2.45) is 0 Å². The number of hydrogen-bond acceptors (Lipinski definition) is 6. The molecule has 0 bridgehead atoms. The van der Waals surface area contributed by atoms with Gasteiger partial charge in [0.15, 0.2) is 6.10 Å². The molecule has 6 heteroatoms. The first-order valence-corrected chi connectivity index (χ1v) is 28.0. The molecule has 0 N–H and O–H groups in total. The van der Waals surface area contributed by atoms with Crippen LogP contribution in [0.25, 0.3) is 0 Å². The van der Waals surface area contributed by atoms with Gasteiger partial charge in [-0.25, -0.2) is 0 Å². The van der Waals surface area contributed by atoms with Gasteiger partial charge in [-0.1, -0.05) is 219 Å². The molecule has 0 heterocycles. The maximum absolute atomic E-state index is 12.8. The first-order chi connectivity index (χ1) is 34.0. The van der Waals surface area contributed by atoms with E-state index in [4.69, 9.17) is 14.2 Å². The molecule has 0 amide bonds. The van der Waals surface area contributed by atoms with E-state index in [2.05, 4.69) is 130 Å². The molecule has 0 aliphatic heterocycles. The molecule has 6 nitrogen and oxygen atoms in total. The summed E-state index contributed by atoms with van der Waals surface area (Å²) in [7, 11) is 0. The van der Waals surface area contributed by atoms with Crippen molar-refractivity contribution in [2.45, 2.75) is 245 Å². The number of unbranched alkanes of at least 4 members (excludes halogenated alkanes) is 18. The fraction of sp³-hybridized carbons (Fsp3) is 0.635. The van der Waals surface area contributed by atoms with Crippen LogP contribution in [0.1, 0.15) is 239 Å². The third-order valence-corrected chi connectivity index (χ3v) is 11.4. The molecule has 0 aliphatic carbocycles. The van der Waals surface area contributed by atoms with E-state index in [1.54, 1.807) is 0 Å². The standard InChI is InChI=1S/C63H102O6/c1-4-7-10-13-16-19-22-25-28-30-31-33-36-39-42-45-48-51-54-57-63(66)69-60(58-67-61(64)55-52-49-46-43-40-37-34-27-24-21-18-15-12-9-6-3)59-68-62(65)56-53-50-47-44-41-38-35-32-29-26-23-20-17-14-11-8-5-2/h7,10,16-17,19-20,25-29,31,33-35,38-39,42,48,51,60H,4-6,8-9,11-15,18,21-24,30,32,36-37,40-41,43-47,49-50,52-59H2,1-3H3/b10-7-,19-16-,20-17-,28-25-,29-26-,33-31-,34-27-,38-35-,42-39-,51-48-/t60-/m0/s1. The zero-order valence-corrected chi connectivity index (χ0v) is 44.5. The average molecular weight is 956 g/mol. The molecule has 0 radical (unpaired) electrons. The lowest BCUT2D eigenvalue weighted by Crippen LogP contribution is -2.30. The summed E-state index contributed by atoms with van der Waals surface area (Å²) < 4.78 is 16.7. The van der Waals surface area contributed by atoms with Gasteiger partial charge in [-0.3, -0.25) is 14.4 Å². The first kappa shape index (κ1) is 64.8. The SMILES string of the molecule is CC/C=C\C/C=C\C/C=C\C/C=C\C/C=C\C/C=C\CCC(=O)O[C@H](COC(=O)CCCCCC/C=C\C/C=C\C/C=C\CCCCC)COC(=O)CCCCCCC/C=C\CCCCCCCC. The summed E-state index contributed by atoms with van der Waals surface area (Å²) in [5, 5.41) is 0. The summed E-state index contributed by atoms with van der Waals surface area (Å²) in [6, 6.07) is 0. The van der Waals surface area contributed by atoms with E-state index in [9.17, 15) is 14.4 Å². The maximum Gasteiger partial charge on any atom is 0.306 e. The molecule has 0 fully saturated rings. The van der Waals surface area contributed by atoms with Gasteiger partial charge in [0.1, 0.15) is 13.2 Å². The summed E-state index contributed by atoms with van der Waals surface area (Å²) >= 11 is 0. The van der Waals surface area contributed by atoms with Crippen molar-refractivity contribution in [2.75, 3.05) is 13.2 Å². The van der Waals surface area contributed by atoms with E-state index in [0.29, 0.717) is 19.3 Å². The van der Waals surface area contributed by atoms with Crippen LogP contribution in [0.15, 0.2) is 122 Å². The van der Waals surface area contributed by atoms with Crippen molar-refractivity contribution in [3.8, 4) is 0 Å². The Hall–Kier alpha value is -4.19. The molecule has 0 aliphatic rings. The van der Waals surface area contributed by atoms with E-state index in [1.165, 1.54) is 77.0 Å². The molecule has 0 saturated carbocycles. The quantitative estimate of drug-likeness (QED) is 0.0262. The zero-order valence-electron chi connectivity index (χ0n) is 44.5. The number of allylic oxidation sites excluding steroid dienone is 20. The lowest BCUT2D eigenvalue weighted by Gasteiger charge is -2.18. The number of rotatable bonds is 49. The second kappa shape index (κ2) is 56.4. The Kier molecular flexibility index (Phi) is 53.0. The lowest BCUT2D eigenvalue weighted by atomic mass is 10.1. The smallest absolute Gasteiger partial charge is 0.306 e. The molecule has 0 aromatic carbocycles. The Morgan fingerprint density at radius 3 is 0.986 bits per heavy atom. The van der Waals surface area contributed by atoms with Crippen molar-refractivity contribution < 1.29 is 28.6 Å². The minimum Gasteiger partial charge on any atom is -0.462 e. The van der Waals surface area contributed by atoms with Gasteiger partial charge in [0.2, 0.25) is 0 Å². The van der Waals surface area contributed by atoms with Crippen molar-refractivity contribution in [1.82, 2.24) is 0 Å². The second-order valence-electron chi connectivity index (χ2n) is 18.1. The Morgan fingerprint density at radius 2 is 0.594 bits per heavy atom. The summed E-state index contributed by atoms with van der Waals surface area (Å²) in [6.45, 7) is 6.40. The van der Waals surface area contributed by atoms with Gasteiger partial charge in [-0.2, -0.15) is 0 Å². The molecule has 0 aromatic heterocycles. The second-order valence-corrected chi connectivity index (χ2v) is 18.1. The minimum atomic E-state index is -0.835. The molecule has 1 atom stereocenters. The number of ether oxygens (including phenoxy) is 3. The van der Waals surface area contributed by atoms with Gasteiger partial charge in [-0.15, -0.1) is 0 Å². The highest BCUT2D eigenvalue weighted by atomic mass is 16.6. The lowest BCUT2D eigenvalue weighted by molar-refractivity contribution is -0.166. The van der Waals surface area contributed by atoms with Gasteiger partial charge < -0.3 is 14.2 Å². The maximum atomic E-state index is 12.8. The summed E-state index contributed by atoms with van der Waals surface area (Å²) in [5.74, 6) is -1.04. The molecule has 0 rings (SSSR count). The Bertz CT molecular complexity index is 1470. The van der Waals surface area contributed by atoms with Crippen LogP contribution in [-0.2, 0) is 28.6 Å². The molecule has 0 aromatic rings. The van der Waals surface area contributed by atoms with E-state index in [0.717, 1.165) is 116 Å². The third-order valence-electron chi connectivity index (χ3n) is 11.4. The van der Waals surface area contributed by atoms with E-state index < -0.39 is 12.1 Å². The molecule has 0 spiro atoms. The fourth-order valence-electron chi connectivity index (χ4n) is 7.23. The van der Waals surface area contributed by atoms with Gasteiger partial charge >= 0.3 is 17.9 Å². The zero-order chi connectivity index (χ0) is 50.0. The molecule has 390 valence electrons. The molecule has 0 unspecified atom stereocenters. The van der Waals surface area contributed by atoms with Crippen LogP contribution in [0.4, 0.5) is 0 Å². The van der Waals surface area contributed by atoms with Crippen LogP contribution in [0, 0.1) is 0 Å². The van der Waals surface area contributed by atoms with Crippen molar-refractivity contribution in [1.29, 1.82) is 0 Å². The first-order valence-electron chi connectivity index (χ1n) is 28.0. The predicted molar refractivity (Wildman–Crippen MR) is 297 cm³/mol. The Labute approximate surface area is 424 Å². The van der Waals surface area contributed by atoms with Crippen LogP contribution in [0.3, 0.4) is 0 Å². The van der Waals surface area contributed by atoms with Gasteiger partial charge in [0, 0.05) is 19.3 Å².